The van der Waals surface area contributed by atoms with Crippen molar-refractivity contribution in [1.29, 1.82) is 0 Å². The summed E-state index contributed by atoms with van der Waals surface area (Å²) in [5.74, 6) is -0.587. The standard InChI is InChI=1S/C16H24FNO2/c1-15(2,9-10-19)11-18-14(20)16(3,4)12-7-5-6-8-13(12)17/h5-8,19H,9-11H2,1-4H3,(H,18,20). The van der Waals surface area contributed by atoms with Crippen LogP contribution in [-0.2, 0) is 10.2 Å². The lowest BCUT2D eigenvalue weighted by Crippen LogP contribution is -2.44. The third-order valence-corrected chi connectivity index (χ3v) is 3.63. The molecule has 1 aromatic carbocycles. The van der Waals surface area contributed by atoms with Crippen molar-refractivity contribution in [3.05, 3.63) is 35.6 Å². The molecule has 112 valence electrons. The molecule has 0 spiro atoms. The maximum absolute atomic E-state index is 13.8. The molecule has 0 aromatic heterocycles. The number of nitrogens with one attached hydrogen (secondary N) is 1. The molecule has 0 saturated carbocycles. The largest absolute Gasteiger partial charge is 0.396 e. The Morgan fingerprint density at radius 1 is 1.25 bits per heavy atom. The summed E-state index contributed by atoms with van der Waals surface area (Å²) in [7, 11) is 0. The minimum absolute atomic E-state index is 0.0829. The number of aliphatic hydroxyl groups is 1. The van der Waals surface area contributed by atoms with Crippen LogP contribution >= 0.6 is 0 Å². The summed E-state index contributed by atoms with van der Waals surface area (Å²) in [6.07, 6.45) is 0.605. The topological polar surface area (TPSA) is 49.3 Å². The zero-order chi connectivity index (χ0) is 15.4. The van der Waals surface area contributed by atoms with Crippen molar-refractivity contribution in [3.63, 3.8) is 0 Å². The van der Waals surface area contributed by atoms with Gasteiger partial charge in [-0.2, -0.15) is 0 Å². The number of rotatable bonds is 6. The average Bonchev–Trinajstić information content (AvgIpc) is 2.36. The van der Waals surface area contributed by atoms with Crippen molar-refractivity contribution in [2.24, 2.45) is 5.41 Å². The molecule has 3 nitrogen and oxygen atoms in total. The zero-order valence-electron chi connectivity index (χ0n) is 12.7. The number of aliphatic hydroxyl groups excluding tert-OH is 1. The number of carbonyl (C=O) groups excluding carboxylic acids is 1. The van der Waals surface area contributed by atoms with E-state index < -0.39 is 5.41 Å². The van der Waals surface area contributed by atoms with E-state index >= 15 is 0 Å². The van der Waals surface area contributed by atoms with Gasteiger partial charge in [-0.15, -0.1) is 0 Å². The minimum Gasteiger partial charge on any atom is -0.396 e. The van der Waals surface area contributed by atoms with Gasteiger partial charge in [0.15, 0.2) is 0 Å². The first-order chi connectivity index (χ1) is 9.20. The SMILES string of the molecule is CC(C)(CCO)CNC(=O)C(C)(C)c1ccccc1F. The minimum atomic E-state index is -0.930. The van der Waals surface area contributed by atoms with Crippen molar-refractivity contribution >= 4 is 5.91 Å². The predicted molar refractivity (Wildman–Crippen MR) is 77.9 cm³/mol. The van der Waals surface area contributed by atoms with E-state index in [4.69, 9.17) is 5.11 Å². The summed E-state index contributed by atoms with van der Waals surface area (Å²) in [6, 6.07) is 6.33. The first-order valence-corrected chi connectivity index (χ1v) is 6.85. The second kappa shape index (κ2) is 6.35. The highest BCUT2D eigenvalue weighted by atomic mass is 19.1. The molecule has 20 heavy (non-hydrogen) atoms. The molecule has 0 bridgehead atoms. The maximum atomic E-state index is 13.8. The van der Waals surface area contributed by atoms with Crippen LogP contribution in [0.25, 0.3) is 0 Å². The summed E-state index contributed by atoms with van der Waals surface area (Å²) < 4.78 is 13.8. The highest BCUT2D eigenvalue weighted by Gasteiger charge is 2.33. The van der Waals surface area contributed by atoms with Gasteiger partial charge in [-0.25, -0.2) is 4.39 Å². The lowest BCUT2D eigenvalue weighted by Gasteiger charge is -2.29. The molecule has 0 fully saturated rings. The van der Waals surface area contributed by atoms with Crippen molar-refractivity contribution in [2.45, 2.75) is 39.5 Å². The van der Waals surface area contributed by atoms with Crippen LogP contribution in [0.15, 0.2) is 24.3 Å². The van der Waals surface area contributed by atoms with Crippen molar-refractivity contribution < 1.29 is 14.3 Å². The van der Waals surface area contributed by atoms with Gasteiger partial charge in [0.1, 0.15) is 5.82 Å². The van der Waals surface area contributed by atoms with Crippen molar-refractivity contribution in [2.75, 3.05) is 13.2 Å². The lowest BCUT2D eigenvalue weighted by molar-refractivity contribution is -0.126. The lowest BCUT2D eigenvalue weighted by atomic mass is 9.82. The van der Waals surface area contributed by atoms with Crippen LogP contribution in [0.5, 0.6) is 0 Å². The quantitative estimate of drug-likeness (QED) is 0.842. The van der Waals surface area contributed by atoms with E-state index in [-0.39, 0.29) is 23.7 Å². The number of hydrogen-bond acceptors (Lipinski definition) is 2. The Bertz CT molecular complexity index is 469. The first kappa shape index (κ1) is 16.6. The second-order valence-corrected chi connectivity index (χ2v) is 6.43. The van der Waals surface area contributed by atoms with Crippen molar-refractivity contribution in [3.8, 4) is 0 Å². The summed E-state index contributed by atoms with van der Waals surface area (Å²) in [5.41, 5.74) is -0.728. The Morgan fingerprint density at radius 3 is 2.40 bits per heavy atom. The zero-order valence-corrected chi connectivity index (χ0v) is 12.7. The van der Waals surface area contributed by atoms with Gasteiger partial charge < -0.3 is 10.4 Å². The van der Waals surface area contributed by atoms with Crippen LogP contribution in [0.2, 0.25) is 0 Å². The number of carbonyl (C=O) groups is 1. The van der Waals surface area contributed by atoms with Crippen LogP contribution in [-0.4, -0.2) is 24.2 Å². The Labute approximate surface area is 120 Å². The molecule has 0 radical (unpaired) electrons. The first-order valence-electron chi connectivity index (χ1n) is 6.85. The molecule has 0 aliphatic carbocycles. The molecule has 0 heterocycles. The van der Waals surface area contributed by atoms with Gasteiger partial charge >= 0.3 is 0 Å². The molecule has 1 amide bonds. The number of benzene rings is 1. The van der Waals surface area contributed by atoms with E-state index in [0.29, 0.717) is 18.5 Å². The van der Waals surface area contributed by atoms with Crippen LogP contribution in [0, 0.1) is 11.2 Å². The Balaban J connectivity index is 2.79. The molecule has 0 aliphatic rings. The van der Waals surface area contributed by atoms with Crippen LogP contribution < -0.4 is 5.32 Å². The molecule has 4 heteroatoms. The fourth-order valence-electron chi connectivity index (χ4n) is 2.02. The number of hydrogen-bond donors (Lipinski definition) is 2. The average molecular weight is 281 g/mol. The van der Waals surface area contributed by atoms with E-state index in [1.807, 2.05) is 13.8 Å². The van der Waals surface area contributed by atoms with Crippen LogP contribution in [0.3, 0.4) is 0 Å². The number of halogens is 1. The smallest absolute Gasteiger partial charge is 0.230 e. The molecule has 0 unspecified atom stereocenters. The summed E-state index contributed by atoms with van der Waals surface area (Å²) in [5, 5.41) is 11.8. The summed E-state index contributed by atoms with van der Waals surface area (Å²) in [6.45, 7) is 7.89. The number of amides is 1. The summed E-state index contributed by atoms with van der Waals surface area (Å²) in [4.78, 5) is 12.3. The van der Waals surface area contributed by atoms with Gasteiger partial charge in [-0.3, -0.25) is 4.79 Å². The molecule has 1 aromatic rings. The van der Waals surface area contributed by atoms with E-state index in [1.165, 1.54) is 6.07 Å². The highest BCUT2D eigenvalue weighted by Crippen LogP contribution is 2.26. The molecular formula is C16H24FNO2. The third-order valence-electron chi connectivity index (χ3n) is 3.63. The molecule has 0 saturated heterocycles. The van der Waals surface area contributed by atoms with Crippen molar-refractivity contribution in [1.82, 2.24) is 5.32 Å². The van der Waals surface area contributed by atoms with E-state index in [1.54, 1.807) is 32.0 Å². The Hall–Kier alpha value is -1.42. The van der Waals surface area contributed by atoms with Gasteiger partial charge in [0.05, 0.1) is 5.41 Å². The molecule has 0 aliphatic heterocycles. The molecule has 0 atom stereocenters. The Kier molecular flexibility index (Phi) is 5.28. The second-order valence-electron chi connectivity index (χ2n) is 6.43. The van der Waals surface area contributed by atoms with Gasteiger partial charge in [-0.05, 0) is 31.7 Å². The third kappa shape index (κ3) is 4.04. The molecule has 2 N–H and O–H groups in total. The Morgan fingerprint density at radius 2 is 1.85 bits per heavy atom. The summed E-state index contributed by atoms with van der Waals surface area (Å²) >= 11 is 0. The van der Waals surface area contributed by atoms with E-state index in [2.05, 4.69) is 5.32 Å². The maximum Gasteiger partial charge on any atom is 0.230 e. The van der Waals surface area contributed by atoms with Gasteiger partial charge in [0.2, 0.25) is 5.91 Å². The molecule has 1 rings (SSSR count). The molecular weight excluding hydrogens is 257 g/mol. The van der Waals surface area contributed by atoms with Crippen LogP contribution in [0.4, 0.5) is 4.39 Å². The fraction of sp³-hybridized carbons (Fsp3) is 0.562. The van der Waals surface area contributed by atoms with Gasteiger partial charge in [0, 0.05) is 18.7 Å². The van der Waals surface area contributed by atoms with Crippen LogP contribution in [0.1, 0.15) is 39.7 Å². The monoisotopic (exact) mass is 281 g/mol. The highest BCUT2D eigenvalue weighted by molar-refractivity contribution is 5.87. The van der Waals surface area contributed by atoms with E-state index in [0.717, 1.165) is 0 Å². The fourth-order valence-corrected chi connectivity index (χ4v) is 2.02. The van der Waals surface area contributed by atoms with Gasteiger partial charge in [-0.1, -0.05) is 32.0 Å². The van der Waals surface area contributed by atoms with E-state index in [9.17, 15) is 9.18 Å². The van der Waals surface area contributed by atoms with Gasteiger partial charge in [0.25, 0.3) is 0 Å². The normalized spacial score (nSPS) is 12.3. The predicted octanol–water partition coefficient (Wildman–Crippen LogP) is 2.63.